The highest BCUT2D eigenvalue weighted by molar-refractivity contribution is 5.98. The van der Waals surface area contributed by atoms with Crippen molar-refractivity contribution in [3.63, 3.8) is 0 Å². The number of carbonyl (C=O) groups is 3. The third-order valence-electron chi connectivity index (χ3n) is 4.55. The van der Waals surface area contributed by atoms with Crippen LogP contribution in [0.15, 0.2) is 48.7 Å². The largest absolute Gasteiger partial charge is 0.477 e. The maximum absolute atomic E-state index is 12.9. The van der Waals surface area contributed by atoms with Crippen molar-refractivity contribution in [2.24, 2.45) is 0 Å². The second-order valence-electron chi connectivity index (χ2n) is 6.49. The maximum Gasteiger partial charge on any atom is 0.354 e. The van der Waals surface area contributed by atoms with Gasteiger partial charge in [-0.25, -0.2) is 9.78 Å². The highest BCUT2D eigenvalue weighted by atomic mass is 16.4. The molecule has 1 saturated heterocycles. The van der Waals surface area contributed by atoms with Crippen LogP contribution in [0.2, 0.25) is 0 Å². The topological polar surface area (TPSA) is 99.6 Å². The van der Waals surface area contributed by atoms with Crippen molar-refractivity contribution in [1.82, 2.24) is 15.2 Å². The predicted octanol–water partition coefficient (Wildman–Crippen LogP) is 1.74. The standard InChI is InChI=1S/C20H21N3O4/c24-18(15-8-9-16(20(26)27)21-13-15)22-17(12-14-6-2-1-3-7-14)19(25)23-10-4-5-11-23/h1-3,6-9,13,17H,4-5,10-12H2,(H,22,24)(H,26,27). The number of nitrogens with zero attached hydrogens (tertiary/aromatic N) is 2. The Hall–Kier alpha value is -3.22. The monoisotopic (exact) mass is 367 g/mol. The first-order valence-electron chi connectivity index (χ1n) is 8.87. The first kappa shape index (κ1) is 18.6. The summed E-state index contributed by atoms with van der Waals surface area (Å²) in [5.74, 6) is -1.71. The molecule has 2 aromatic rings. The number of pyridine rings is 1. The maximum atomic E-state index is 12.9. The van der Waals surface area contributed by atoms with Crippen molar-refractivity contribution >= 4 is 17.8 Å². The third-order valence-corrected chi connectivity index (χ3v) is 4.55. The second kappa shape index (κ2) is 8.44. The molecule has 7 heteroatoms. The quantitative estimate of drug-likeness (QED) is 0.810. The summed E-state index contributed by atoms with van der Waals surface area (Å²) in [5.41, 5.74) is 1.03. The Morgan fingerprint density at radius 3 is 2.37 bits per heavy atom. The summed E-state index contributed by atoms with van der Waals surface area (Å²) >= 11 is 0. The highest BCUT2D eigenvalue weighted by Gasteiger charge is 2.28. The van der Waals surface area contributed by atoms with Gasteiger partial charge in [0.05, 0.1) is 5.56 Å². The number of aromatic carboxylic acids is 1. The number of rotatable bonds is 6. The number of benzene rings is 1. The van der Waals surface area contributed by atoms with E-state index < -0.39 is 17.9 Å². The van der Waals surface area contributed by atoms with Gasteiger partial charge in [-0.15, -0.1) is 0 Å². The number of likely N-dealkylation sites (tertiary alicyclic amines) is 1. The minimum atomic E-state index is -1.16. The lowest BCUT2D eigenvalue weighted by Crippen LogP contribution is -2.49. The molecule has 2 amide bonds. The first-order valence-corrected chi connectivity index (χ1v) is 8.87. The lowest BCUT2D eigenvalue weighted by atomic mass is 10.0. The van der Waals surface area contributed by atoms with Gasteiger partial charge in [-0.1, -0.05) is 30.3 Å². The fourth-order valence-corrected chi connectivity index (χ4v) is 3.10. The first-order chi connectivity index (χ1) is 13.0. The van der Waals surface area contributed by atoms with E-state index in [4.69, 9.17) is 5.11 Å². The number of carboxylic acid groups (broad SMARTS) is 1. The van der Waals surface area contributed by atoms with E-state index in [9.17, 15) is 14.4 Å². The van der Waals surface area contributed by atoms with Crippen molar-refractivity contribution in [2.75, 3.05) is 13.1 Å². The van der Waals surface area contributed by atoms with Gasteiger partial charge in [-0.05, 0) is 30.5 Å². The molecular weight excluding hydrogens is 346 g/mol. The molecule has 0 radical (unpaired) electrons. The van der Waals surface area contributed by atoms with E-state index in [-0.39, 0.29) is 17.2 Å². The van der Waals surface area contributed by atoms with E-state index in [0.717, 1.165) is 18.4 Å². The van der Waals surface area contributed by atoms with Gasteiger partial charge in [0.15, 0.2) is 0 Å². The molecule has 0 saturated carbocycles. The zero-order valence-corrected chi connectivity index (χ0v) is 14.8. The van der Waals surface area contributed by atoms with Crippen molar-refractivity contribution in [2.45, 2.75) is 25.3 Å². The summed E-state index contributed by atoms with van der Waals surface area (Å²) in [6, 6.07) is 11.5. The van der Waals surface area contributed by atoms with Gasteiger partial charge in [0.1, 0.15) is 11.7 Å². The van der Waals surface area contributed by atoms with Crippen LogP contribution >= 0.6 is 0 Å². The van der Waals surface area contributed by atoms with Crippen LogP contribution in [0.3, 0.4) is 0 Å². The summed E-state index contributed by atoms with van der Waals surface area (Å²) in [7, 11) is 0. The number of carbonyl (C=O) groups excluding carboxylic acids is 2. The molecule has 1 atom stereocenters. The lowest BCUT2D eigenvalue weighted by Gasteiger charge is -2.24. The molecule has 2 N–H and O–H groups in total. The zero-order valence-electron chi connectivity index (χ0n) is 14.8. The van der Waals surface area contributed by atoms with Gasteiger partial charge in [0.2, 0.25) is 5.91 Å². The summed E-state index contributed by atoms with van der Waals surface area (Å²) in [6.45, 7) is 1.41. The van der Waals surface area contributed by atoms with Gasteiger partial charge in [-0.2, -0.15) is 0 Å². The van der Waals surface area contributed by atoms with E-state index in [0.29, 0.717) is 19.5 Å². The van der Waals surface area contributed by atoms with Crippen LogP contribution < -0.4 is 5.32 Å². The van der Waals surface area contributed by atoms with Crippen molar-refractivity contribution in [1.29, 1.82) is 0 Å². The highest BCUT2D eigenvalue weighted by Crippen LogP contribution is 2.13. The van der Waals surface area contributed by atoms with Crippen LogP contribution in [-0.2, 0) is 11.2 Å². The Morgan fingerprint density at radius 1 is 1.07 bits per heavy atom. The van der Waals surface area contributed by atoms with Gasteiger partial charge in [0, 0.05) is 25.7 Å². The Morgan fingerprint density at radius 2 is 1.78 bits per heavy atom. The van der Waals surface area contributed by atoms with Crippen LogP contribution in [0, 0.1) is 0 Å². The molecule has 1 aliphatic rings. The SMILES string of the molecule is O=C(NC(Cc1ccccc1)C(=O)N1CCCC1)c1ccc(C(=O)O)nc1. The summed E-state index contributed by atoms with van der Waals surface area (Å²) in [5, 5.41) is 11.7. The average molecular weight is 367 g/mol. The van der Waals surface area contributed by atoms with Crippen LogP contribution in [0.1, 0.15) is 39.3 Å². The minimum Gasteiger partial charge on any atom is -0.477 e. The van der Waals surface area contributed by atoms with E-state index in [2.05, 4.69) is 10.3 Å². The van der Waals surface area contributed by atoms with E-state index in [1.165, 1.54) is 18.3 Å². The van der Waals surface area contributed by atoms with Crippen molar-refractivity contribution < 1.29 is 19.5 Å². The Labute approximate surface area is 157 Å². The summed E-state index contributed by atoms with van der Waals surface area (Å²) < 4.78 is 0. The smallest absolute Gasteiger partial charge is 0.354 e. The number of nitrogens with one attached hydrogen (secondary N) is 1. The Kier molecular flexibility index (Phi) is 5.80. The second-order valence-corrected chi connectivity index (χ2v) is 6.49. The van der Waals surface area contributed by atoms with Gasteiger partial charge in [0.25, 0.3) is 5.91 Å². The molecule has 1 aromatic heterocycles. The molecule has 7 nitrogen and oxygen atoms in total. The zero-order chi connectivity index (χ0) is 19.2. The molecule has 0 aliphatic carbocycles. The fraction of sp³-hybridized carbons (Fsp3) is 0.300. The Bertz CT molecular complexity index is 815. The van der Waals surface area contributed by atoms with Gasteiger partial charge >= 0.3 is 5.97 Å². The number of carboxylic acids is 1. The van der Waals surface area contributed by atoms with E-state index in [1.807, 2.05) is 30.3 Å². The van der Waals surface area contributed by atoms with Crippen LogP contribution in [0.5, 0.6) is 0 Å². The third kappa shape index (κ3) is 4.69. The molecule has 1 fully saturated rings. The molecular formula is C20H21N3O4. The number of aromatic nitrogens is 1. The number of amides is 2. The molecule has 27 heavy (non-hydrogen) atoms. The van der Waals surface area contributed by atoms with Crippen LogP contribution in [0.25, 0.3) is 0 Å². The predicted molar refractivity (Wildman–Crippen MR) is 98.4 cm³/mol. The van der Waals surface area contributed by atoms with E-state index >= 15 is 0 Å². The molecule has 1 aliphatic heterocycles. The van der Waals surface area contributed by atoms with E-state index in [1.54, 1.807) is 4.90 Å². The van der Waals surface area contributed by atoms with Gasteiger partial charge in [-0.3, -0.25) is 9.59 Å². The molecule has 2 heterocycles. The molecule has 140 valence electrons. The van der Waals surface area contributed by atoms with Gasteiger partial charge < -0.3 is 15.3 Å². The molecule has 0 spiro atoms. The average Bonchev–Trinajstić information content (AvgIpc) is 3.22. The molecule has 3 rings (SSSR count). The normalized spacial score (nSPS) is 14.6. The van der Waals surface area contributed by atoms with Crippen molar-refractivity contribution in [3.8, 4) is 0 Å². The summed E-state index contributed by atoms with van der Waals surface area (Å²) in [6.07, 6.45) is 3.54. The summed E-state index contributed by atoms with van der Waals surface area (Å²) in [4.78, 5) is 41.9. The van der Waals surface area contributed by atoms with Crippen molar-refractivity contribution in [3.05, 3.63) is 65.5 Å². The Balaban J connectivity index is 1.76. The molecule has 1 unspecified atom stereocenters. The van der Waals surface area contributed by atoms with Crippen LogP contribution in [-0.4, -0.2) is 51.9 Å². The molecule has 0 bridgehead atoms. The van der Waals surface area contributed by atoms with Crippen LogP contribution in [0.4, 0.5) is 0 Å². The number of hydrogen-bond acceptors (Lipinski definition) is 4. The molecule has 1 aromatic carbocycles. The minimum absolute atomic E-state index is 0.0974. The fourth-order valence-electron chi connectivity index (χ4n) is 3.10. The lowest BCUT2D eigenvalue weighted by molar-refractivity contribution is -0.132. The number of hydrogen-bond donors (Lipinski definition) is 2.